The van der Waals surface area contributed by atoms with Gasteiger partial charge in [-0.25, -0.2) is 0 Å². The largest absolute Gasteiger partial charge is 0.300 e. The van der Waals surface area contributed by atoms with Gasteiger partial charge in [0.15, 0.2) is 0 Å². The van der Waals surface area contributed by atoms with Gasteiger partial charge in [-0.15, -0.1) is 11.8 Å². The van der Waals surface area contributed by atoms with Crippen LogP contribution in [0.5, 0.6) is 0 Å². The number of benzene rings is 1. The third-order valence-corrected chi connectivity index (χ3v) is 4.06. The zero-order valence-electron chi connectivity index (χ0n) is 8.82. The minimum atomic E-state index is 0.458. The van der Waals surface area contributed by atoms with Gasteiger partial charge >= 0.3 is 0 Å². The summed E-state index contributed by atoms with van der Waals surface area (Å²) < 4.78 is 0. The summed E-state index contributed by atoms with van der Waals surface area (Å²) in [5, 5.41) is 0. The van der Waals surface area contributed by atoms with E-state index >= 15 is 0 Å². The Balaban J connectivity index is 1.80. The molecule has 0 heterocycles. The molecule has 1 aromatic carbocycles. The average Bonchev–Trinajstić information content (AvgIpc) is 2.28. The van der Waals surface area contributed by atoms with E-state index in [-0.39, 0.29) is 0 Å². The predicted octanol–water partition coefficient (Wildman–Crippen LogP) is 3.54. The Morgan fingerprint density at radius 2 is 2.07 bits per heavy atom. The van der Waals surface area contributed by atoms with E-state index < -0.39 is 0 Å². The fourth-order valence-electron chi connectivity index (χ4n) is 1.99. The Labute approximate surface area is 95.3 Å². The van der Waals surface area contributed by atoms with Crippen LogP contribution in [-0.2, 0) is 4.79 Å². The lowest BCUT2D eigenvalue weighted by Gasteiger charge is -2.20. The minimum absolute atomic E-state index is 0.458. The number of carbonyl (C=O) groups excluding carboxylic acids is 1. The molecule has 0 amide bonds. The normalized spacial score (nSPS) is 21.6. The van der Waals surface area contributed by atoms with Gasteiger partial charge in [-0.2, -0.15) is 0 Å². The Bertz CT molecular complexity index is 321. The summed E-state index contributed by atoms with van der Waals surface area (Å²) in [5.41, 5.74) is 0. The second kappa shape index (κ2) is 5.36. The van der Waals surface area contributed by atoms with E-state index in [2.05, 4.69) is 24.3 Å². The summed E-state index contributed by atoms with van der Waals surface area (Å²) in [6, 6.07) is 10.4. The Kier molecular flexibility index (Phi) is 3.84. The molecule has 0 unspecified atom stereocenters. The van der Waals surface area contributed by atoms with Gasteiger partial charge in [0, 0.05) is 23.5 Å². The van der Waals surface area contributed by atoms with Crippen LogP contribution in [0.4, 0.5) is 0 Å². The zero-order valence-corrected chi connectivity index (χ0v) is 9.63. The lowest BCUT2D eigenvalue weighted by atomic mass is 9.90. The topological polar surface area (TPSA) is 17.1 Å². The van der Waals surface area contributed by atoms with Crippen LogP contribution in [0.1, 0.15) is 25.7 Å². The molecule has 1 saturated carbocycles. The summed E-state index contributed by atoms with van der Waals surface area (Å²) in [5.74, 6) is 2.16. The zero-order chi connectivity index (χ0) is 10.5. The third kappa shape index (κ3) is 3.38. The molecule has 0 aromatic heterocycles. The SMILES string of the molecule is O=C1CCC[C@H](CSc2ccccc2)C1. The molecule has 0 aliphatic heterocycles. The first-order valence-corrected chi connectivity index (χ1v) is 6.53. The molecule has 0 bridgehead atoms. The van der Waals surface area contributed by atoms with Crippen molar-refractivity contribution in [3.63, 3.8) is 0 Å². The summed E-state index contributed by atoms with van der Waals surface area (Å²) in [7, 11) is 0. The van der Waals surface area contributed by atoms with Gasteiger partial charge in [-0.1, -0.05) is 18.2 Å². The number of ketones is 1. The molecule has 1 aromatic rings. The van der Waals surface area contributed by atoms with Gasteiger partial charge in [-0.3, -0.25) is 4.79 Å². The molecule has 15 heavy (non-hydrogen) atoms. The van der Waals surface area contributed by atoms with Gasteiger partial charge in [0.25, 0.3) is 0 Å². The van der Waals surface area contributed by atoms with Gasteiger partial charge in [-0.05, 0) is 30.9 Å². The number of hydrogen-bond donors (Lipinski definition) is 0. The highest BCUT2D eigenvalue weighted by Crippen LogP contribution is 2.28. The molecule has 0 saturated heterocycles. The molecule has 1 aliphatic rings. The van der Waals surface area contributed by atoms with Crippen molar-refractivity contribution in [2.24, 2.45) is 5.92 Å². The molecule has 0 spiro atoms. The highest BCUT2D eigenvalue weighted by Gasteiger charge is 2.19. The third-order valence-electron chi connectivity index (χ3n) is 2.81. The summed E-state index contributed by atoms with van der Waals surface area (Å²) in [6.07, 6.45) is 3.94. The van der Waals surface area contributed by atoms with Crippen LogP contribution in [0.15, 0.2) is 35.2 Å². The van der Waals surface area contributed by atoms with E-state index in [1.54, 1.807) is 0 Å². The summed E-state index contributed by atoms with van der Waals surface area (Å²) >= 11 is 1.88. The minimum Gasteiger partial charge on any atom is -0.300 e. The first-order valence-electron chi connectivity index (χ1n) is 5.54. The van der Waals surface area contributed by atoms with Gasteiger partial charge in [0.1, 0.15) is 5.78 Å². The van der Waals surface area contributed by atoms with Gasteiger partial charge < -0.3 is 0 Å². The molecule has 2 rings (SSSR count). The van der Waals surface area contributed by atoms with Crippen molar-refractivity contribution < 1.29 is 4.79 Å². The molecule has 0 radical (unpaired) electrons. The average molecular weight is 220 g/mol. The molecular weight excluding hydrogens is 204 g/mol. The second-order valence-corrected chi connectivity index (χ2v) is 5.22. The number of carbonyl (C=O) groups is 1. The number of Topliss-reactive ketones (excluding diaryl/α,β-unsaturated/α-hetero) is 1. The van der Waals surface area contributed by atoms with E-state index in [1.165, 1.54) is 11.3 Å². The van der Waals surface area contributed by atoms with Crippen LogP contribution in [0.3, 0.4) is 0 Å². The quantitative estimate of drug-likeness (QED) is 0.725. The number of thioether (sulfide) groups is 1. The maximum absolute atomic E-state index is 11.3. The maximum Gasteiger partial charge on any atom is 0.133 e. The van der Waals surface area contributed by atoms with Crippen LogP contribution < -0.4 is 0 Å². The van der Waals surface area contributed by atoms with Gasteiger partial charge in [0.05, 0.1) is 0 Å². The van der Waals surface area contributed by atoms with E-state index in [1.807, 2.05) is 17.8 Å². The highest BCUT2D eigenvalue weighted by molar-refractivity contribution is 7.99. The van der Waals surface area contributed by atoms with E-state index in [0.717, 1.165) is 25.0 Å². The molecule has 1 nitrogen and oxygen atoms in total. The monoisotopic (exact) mass is 220 g/mol. The lowest BCUT2D eigenvalue weighted by molar-refractivity contribution is -0.121. The number of hydrogen-bond acceptors (Lipinski definition) is 2. The van der Waals surface area contributed by atoms with Crippen molar-refractivity contribution in [3.05, 3.63) is 30.3 Å². The van der Waals surface area contributed by atoms with Crippen molar-refractivity contribution >= 4 is 17.5 Å². The van der Waals surface area contributed by atoms with Crippen LogP contribution >= 0.6 is 11.8 Å². The molecule has 80 valence electrons. The first kappa shape index (κ1) is 10.7. The van der Waals surface area contributed by atoms with Crippen LogP contribution in [-0.4, -0.2) is 11.5 Å². The van der Waals surface area contributed by atoms with Crippen molar-refractivity contribution in [2.75, 3.05) is 5.75 Å². The summed E-state index contributed by atoms with van der Waals surface area (Å²) in [6.45, 7) is 0. The van der Waals surface area contributed by atoms with Crippen molar-refractivity contribution in [2.45, 2.75) is 30.6 Å². The van der Waals surface area contributed by atoms with Crippen molar-refractivity contribution in [3.8, 4) is 0 Å². The van der Waals surface area contributed by atoms with E-state index in [9.17, 15) is 4.79 Å². The fraction of sp³-hybridized carbons (Fsp3) is 0.462. The molecule has 1 atom stereocenters. The number of rotatable bonds is 3. The highest BCUT2D eigenvalue weighted by atomic mass is 32.2. The first-order chi connectivity index (χ1) is 7.34. The molecular formula is C13H16OS. The molecule has 2 heteroatoms. The molecule has 1 fully saturated rings. The predicted molar refractivity (Wildman–Crippen MR) is 64.1 cm³/mol. The Morgan fingerprint density at radius 3 is 2.80 bits per heavy atom. The fourth-order valence-corrected chi connectivity index (χ4v) is 3.05. The molecule has 0 N–H and O–H groups in total. The Hall–Kier alpha value is -0.760. The maximum atomic E-state index is 11.3. The lowest BCUT2D eigenvalue weighted by Crippen LogP contribution is -2.16. The van der Waals surface area contributed by atoms with Gasteiger partial charge in [0.2, 0.25) is 0 Å². The summed E-state index contributed by atoms with van der Waals surface area (Å²) in [4.78, 5) is 12.6. The van der Waals surface area contributed by atoms with E-state index in [0.29, 0.717) is 11.7 Å². The van der Waals surface area contributed by atoms with Crippen molar-refractivity contribution in [1.82, 2.24) is 0 Å². The smallest absolute Gasteiger partial charge is 0.133 e. The second-order valence-electron chi connectivity index (χ2n) is 4.13. The van der Waals surface area contributed by atoms with Crippen molar-refractivity contribution in [1.29, 1.82) is 0 Å². The van der Waals surface area contributed by atoms with Crippen LogP contribution in [0.25, 0.3) is 0 Å². The van der Waals surface area contributed by atoms with E-state index in [4.69, 9.17) is 0 Å². The van der Waals surface area contributed by atoms with Crippen LogP contribution in [0.2, 0.25) is 0 Å². The standard InChI is InChI=1S/C13H16OS/c14-12-6-4-5-11(9-12)10-15-13-7-2-1-3-8-13/h1-3,7-8,11H,4-6,9-10H2/t11-/m0/s1. The van der Waals surface area contributed by atoms with Crippen LogP contribution in [0, 0.1) is 5.92 Å². The molecule has 1 aliphatic carbocycles. The Morgan fingerprint density at radius 1 is 1.27 bits per heavy atom.